The Hall–Kier alpha value is -2.86. The number of phenolic OH excluding ortho intramolecular Hbond substituents is 1. The van der Waals surface area contributed by atoms with Gasteiger partial charge >= 0.3 is 0 Å². The number of fused-ring (bicyclic) bond motifs is 1. The van der Waals surface area contributed by atoms with E-state index in [4.69, 9.17) is 0 Å². The molecule has 1 aliphatic heterocycles. The number of nitrogens with zero attached hydrogens (tertiary/aromatic N) is 2. The third kappa shape index (κ3) is 3.60. The summed E-state index contributed by atoms with van der Waals surface area (Å²) in [6, 6.07) is 11.9. The fraction of sp³-hybridized carbons (Fsp3) is 0.364. The molecule has 0 aliphatic carbocycles. The number of nitrogens with one attached hydrogen (secondary N) is 2. The molecule has 1 saturated heterocycles. The van der Waals surface area contributed by atoms with Gasteiger partial charge in [0, 0.05) is 36.7 Å². The van der Waals surface area contributed by atoms with Crippen molar-refractivity contribution in [3.05, 3.63) is 58.8 Å². The van der Waals surface area contributed by atoms with Crippen LogP contribution in [0.3, 0.4) is 0 Å². The summed E-state index contributed by atoms with van der Waals surface area (Å²) in [6.45, 7) is 3.89. The van der Waals surface area contributed by atoms with Crippen LogP contribution < -0.4 is 5.32 Å². The molecule has 1 aliphatic rings. The number of aromatic amines is 1. The molecule has 1 aromatic heterocycles. The first-order chi connectivity index (χ1) is 13.5. The minimum absolute atomic E-state index is 0.0214. The molecular formula is C22H26N4O2. The van der Waals surface area contributed by atoms with Gasteiger partial charge in [0.05, 0.1) is 11.1 Å². The van der Waals surface area contributed by atoms with Crippen LogP contribution in [-0.4, -0.2) is 52.3 Å². The summed E-state index contributed by atoms with van der Waals surface area (Å²) in [5.74, 6) is -0.166. The Bertz CT molecular complexity index is 1000. The van der Waals surface area contributed by atoms with Crippen LogP contribution in [-0.2, 0) is 6.42 Å². The highest BCUT2D eigenvalue weighted by molar-refractivity contribution is 6.01. The van der Waals surface area contributed by atoms with Crippen molar-refractivity contribution >= 4 is 16.8 Å². The predicted octanol–water partition coefficient (Wildman–Crippen LogP) is 2.99. The van der Waals surface area contributed by atoms with E-state index in [0.29, 0.717) is 17.5 Å². The topological polar surface area (TPSA) is 81.2 Å². The second-order valence-electron chi connectivity index (χ2n) is 7.65. The van der Waals surface area contributed by atoms with E-state index in [-0.39, 0.29) is 17.7 Å². The molecule has 146 valence electrons. The monoisotopic (exact) mass is 378 g/mol. The Balaban J connectivity index is 1.65. The molecule has 3 aromatic rings. The molecule has 4 rings (SSSR count). The molecule has 0 spiro atoms. The normalized spacial score (nSPS) is 15.1. The van der Waals surface area contributed by atoms with Crippen LogP contribution in [0.2, 0.25) is 0 Å². The van der Waals surface area contributed by atoms with Crippen molar-refractivity contribution in [2.24, 2.45) is 0 Å². The number of benzene rings is 2. The molecule has 3 N–H and O–H groups in total. The third-order valence-electron chi connectivity index (χ3n) is 5.62. The van der Waals surface area contributed by atoms with Gasteiger partial charge in [-0.1, -0.05) is 29.8 Å². The number of amides is 1. The molecule has 0 bridgehead atoms. The lowest BCUT2D eigenvalue weighted by atomic mass is 10.0. The van der Waals surface area contributed by atoms with Gasteiger partial charge in [0.25, 0.3) is 5.91 Å². The van der Waals surface area contributed by atoms with Gasteiger partial charge in [-0.3, -0.25) is 9.89 Å². The Morgan fingerprint density at radius 3 is 2.79 bits per heavy atom. The van der Waals surface area contributed by atoms with Gasteiger partial charge in [-0.25, -0.2) is 0 Å². The van der Waals surface area contributed by atoms with E-state index in [2.05, 4.69) is 40.6 Å². The summed E-state index contributed by atoms with van der Waals surface area (Å²) >= 11 is 0. The number of carbonyl (C=O) groups is 1. The summed E-state index contributed by atoms with van der Waals surface area (Å²) in [6.07, 6.45) is 2.55. The van der Waals surface area contributed by atoms with Crippen LogP contribution in [0.25, 0.3) is 10.9 Å². The molecule has 2 heterocycles. The Morgan fingerprint density at radius 1 is 1.25 bits per heavy atom. The first kappa shape index (κ1) is 18.5. The van der Waals surface area contributed by atoms with Crippen LogP contribution in [0.1, 0.15) is 40.0 Å². The van der Waals surface area contributed by atoms with E-state index in [1.165, 1.54) is 11.1 Å². The Labute approximate surface area is 164 Å². The van der Waals surface area contributed by atoms with E-state index >= 15 is 0 Å². The molecule has 0 unspecified atom stereocenters. The first-order valence-electron chi connectivity index (χ1n) is 9.76. The van der Waals surface area contributed by atoms with Gasteiger partial charge < -0.3 is 15.3 Å². The summed E-state index contributed by atoms with van der Waals surface area (Å²) < 4.78 is 0. The SMILES string of the molecule is Cc1cccc(Cc2[nH]nc3cc(O)c(C(=O)N(C)C4CCNCC4)cc23)c1. The Morgan fingerprint density at radius 2 is 2.04 bits per heavy atom. The van der Waals surface area contributed by atoms with Crippen molar-refractivity contribution < 1.29 is 9.90 Å². The molecule has 0 radical (unpaired) electrons. The van der Waals surface area contributed by atoms with E-state index in [1.807, 2.05) is 13.1 Å². The largest absolute Gasteiger partial charge is 0.507 e. The maximum absolute atomic E-state index is 13.1. The van der Waals surface area contributed by atoms with Gasteiger partial charge in [0.1, 0.15) is 5.75 Å². The summed E-state index contributed by atoms with van der Waals surface area (Å²) in [7, 11) is 1.82. The molecule has 0 saturated carbocycles. The van der Waals surface area contributed by atoms with Gasteiger partial charge in [-0.05, 0) is 44.5 Å². The smallest absolute Gasteiger partial charge is 0.257 e. The predicted molar refractivity (Wildman–Crippen MR) is 110 cm³/mol. The second kappa shape index (κ2) is 7.64. The van der Waals surface area contributed by atoms with Crippen LogP contribution in [0, 0.1) is 6.92 Å². The van der Waals surface area contributed by atoms with Crippen molar-refractivity contribution in [1.82, 2.24) is 20.4 Å². The number of phenols is 1. The molecule has 0 atom stereocenters. The zero-order valence-electron chi connectivity index (χ0n) is 16.3. The highest BCUT2D eigenvalue weighted by Crippen LogP contribution is 2.29. The quantitative estimate of drug-likeness (QED) is 0.652. The highest BCUT2D eigenvalue weighted by atomic mass is 16.3. The van der Waals surface area contributed by atoms with Crippen LogP contribution in [0.15, 0.2) is 36.4 Å². The van der Waals surface area contributed by atoms with Crippen molar-refractivity contribution in [3.8, 4) is 5.75 Å². The fourth-order valence-electron chi connectivity index (χ4n) is 3.98. The molecule has 1 amide bonds. The average Bonchev–Trinajstić information content (AvgIpc) is 3.08. The van der Waals surface area contributed by atoms with Gasteiger partial charge in [0.15, 0.2) is 0 Å². The van der Waals surface area contributed by atoms with E-state index < -0.39 is 0 Å². The van der Waals surface area contributed by atoms with Crippen molar-refractivity contribution in [2.45, 2.75) is 32.2 Å². The van der Waals surface area contributed by atoms with E-state index in [1.54, 1.807) is 17.0 Å². The summed E-state index contributed by atoms with van der Waals surface area (Å²) in [5.41, 5.74) is 4.33. The number of rotatable bonds is 4. The molecule has 6 nitrogen and oxygen atoms in total. The standard InChI is InChI=1S/C22H26N4O2/c1-14-4-3-5-15(10-14)11-19-17-12-18(21(27)13-20(17)25-24-19)22(28)26(2)16-6-8-23-9-7-16/h3-5,10,12-13,16,23,27H,6-9,11H2,1-2H3,(H,24,25). The van der Waals surface area contributed by atoms with Crippen LogP contribution in [0.5, 0.6) is 5.75 Å². The number of carbonyl (C=O) groups excluding carboxylic acids is 1. The van der Waals surface area contributed by atoms with E-state index in [0.717, 1.165) is 37.0 Å². The molecule has 6 heteroatoms. The molecular weight excluding hydrogens is 352 g/mol. The molecule has 1 fully saturated rings. The minimum Gasteiger partial charge on any atom is -0.507 e. The minimum atomic E-state index is -0.144. The molecule has 28 heavy (non-hydrogen) atoms. The van der Waals surface area contributed by atoms with Crippen LogP contribution in [0.4, 0.5) is 0 Å². The summed E-state index contributed by atoms with van der Waals surface area (Å²) in [5, 5.41) is 22.0. The number of hydrogen-bond donors (Lipinski definition) is 3. The van der Waals surface area contributed by atoms with Gasteiger partial charge in [-0.15, -0.1) is 0 Å². The third-order valence-corrected chi connectivity index (χ3v) is 5.62. The lowest BCUT2D eigenvalue weighted by molar-refractivity contribution is 0.0700. The Kier molecular flexibility index (Phi) is 5.05. The highest BCUT2D eigenvalue weighted by Gasteiger charge is 2.25. The zero-order valence-corrected chi connectivity index (χ0v) is 16.3. The van der Waals surface area contributed by atoms with Gasteiger partial charge in [0.2, 0.25) is 0 Å². The summed E-state index contributed by atoms with van der Waals surface area (Å²) in [4.78, 5) is 14.8. The lowest BCUT2D eigenvalue weighted by Crippen LogP contribution is -2.43. The van der Waals surface area contributed by atoms with Crippen LogP contribution >= 0.6 is 0 Å². The maximum atomic E-state index is 13.1. The number of H-pyrrole nitrogens is 1. The van der Waals surface area contributed by atoms with Crippen molar-refractivity contribution in [3.63, 3.8) is 0 Å². The van der Waals surface area contributed by atoms with Gasteiger partial charge in [-0.2, -0.15) is 5.10 Å². The number of aromatic nitrogens is 2. The number of aryl methyl sites for hydroxylation is 1. The molecule has 2 aromatic carbocycles. The lowest BCUT2D eigenvalue weighted by Gasteiger charge is -2.31. The fourth-order valence-corrected chi connectivity index (χ4v) is 3.98. The number of aromatic hydroxyl groups is 1. The maximum Gasteiger partial charge on any atom is 0.257 e. The second-order valence-corrected chi connectivity index (χ2v) is 7.65. The van der Waals surface area contributed by atoms with Crippen molar-refractivity contribution in [2.75, 3.05) is 20.1 Å². The number of piperidine rings is 1. The average molecular weight is 378 g/mol. The first-order valence-corrected chi connectivity index (χ1v) is 9.76. The van der Waals surface area contributed by atoms with Crippen molar-refractivity contribution in [1.29, 1.82) is 0 Å². The van der Waals surface area contributed by atoms with E-state index in [9.17, 15) is 9.90 Å². The number of hydrogen-bond acceptors (Lipinski definition) is 4. The zero-order chi connectivity index (χ0) is 19.7.